The van der Waals surface area contributed by atoms with Crippen LogP contribution in [0.1, 0.15) is 12.0 Å². The standard InChI is InChI=1S/C10H11ClFNO/c1-7-6-8(2-3-9(7)12)13-10(14)4-5-11/h2-3,6H,4-5H2,1H3,(H,13,14). The highest BCUT2D eigenvalue weighted by Gasteiger charge is 2.02. The molecule has 1 rings (SSSR count). The van der Waals surface area contributed by atoms with Gasteiger partial charge in [-0.3, -0.25) is 4.79 Å². The molecule has 0 saturated carbocycles. The lowest BCUT2D eigenvalue weighted by atomic mass is 10.2. The minimum absolute atomic E-state index is 0.161. The van der Waals surface area contributed by atoms with E-state index in [1.807, 2.05) is 0 Å². The average Bonchev–Trinajstić information content (AvgIpc) is 2.12. The summed E-state index contributed by atoms with van der Waals surface area (Å²) in [5, 5.41) is 2.62. The summed E-state index contributed by atoms with van der Waals surface area (Å²) in [6.07, 6.45) is 0.262. The molecular weight excluding hydrogens is 205 g/mol. The van der Waals surface area contributed by atoms with E-state index in [9.17, 15) is 9.18 Å². The first-order valence-electron chi connectivity index (χ1n) is 4.25. The summed E-state index contributed by atoms with van der Waals surface area (Å²) in [6.45, 7) is 1.65. The van der Waals surface area contributed by atoms with E-state index in [0.29, 0.717) is 11.3 Å². The fraction of sp³-hybridized carbons (Fsp3) is 0.300. The zero-order chi connectivity index (χ0) is 10.6. The van der Waals surface area contributed by atoms with Gasteiger partial charge in [-0.25, -0.2) is 4.39 Å². The van der Waals surface area contributed by atoms with Gasteiger partial charge >= 0.3 is 0 Å². The second-order valence-electron chi connectivity index (χ2n) is 2.95. The summed E-state index contributed by atoms with van der Waals surface area (Å²) >= 11 is 5.40. The van der Waals surface area contributed by atoms with Crippen LogP contribution in [-0.4, -0.2) is 11.8 Å². The predicted molar refractivity (Wildman–Crippen MR) is 55.1 cm³/mol. The molecule has 1 N–H and O–H groups in total. The second kappa shape index (κ2) is 4.96. The largest absolute Gasteiger partial charge is 0.326 e. The van der Waals surface area contributed by atoms with Gasteiger partial charge in [-0.05, 0) is 30.7 Å². The molecule has 1 aromatic carbocycles. The molecule has 0 aliphatic carbocycles. The van der Waals surface area contributed by atoms with E-state index >= 15 is 0 Å². The van der Waals surface area contributed by atoms with Crippen LogP contribution in [0.5, 0.6) is 0 Å². The minimum Gasteiger partial charge on any atom is -0.326 e. The first-order chi connectivity index (χ1) is 6.63. The van der Waals surface area contributed by atoms with Crippen molar-refractivity contribution in [1.29, 1.82) is 0 Å². The van der Waals surface area contributed by atoms with E-state index in [1.54, 1.807) is 13.0 Å². The third-order valence-electron chi connectivity index (χ3n) is 1.76. The molecule has 4 heteroatoms. The molecule has 14 heavy (non-hydrogen) atoms. The maximum atomic E-state index is 12.9. The summed E-state index contributed by atoms with van der Waals surface area (Å²) in [4.78, 5) is 11.1. The van der Waals surface area contributed by atoms with Crippen LogP contribution < -0.4 is 5.32 Å². The van der Waals surface area contributed by atoms with Crippen LogP contribution in [0.25, 0.3) is 0 Å². The van der Waals surface area contributed by atoms with Gasteiger partial charge < -0.3 is 5.32 Å². The smallest absolute Gasteiger partial charge is 0.225 e. The Labute approximate surface area is 87.1 Å². The highest BCUT2D eigenvalue weighted by atomic mass is 35.5. The minimum atomic E-state index is -0.277. The average molecular weight is 216 g/mol. The summed E-state index contributed by atoms with van der Waals surface area (Å²) < 4.78 is 12.9. The number of carbonyl (C=O) groups excluding carboxylic acids is 1. The van der Waals surface area contributed by atoms with Gasteiger partial charge in [0.05, 0.1) is 0 Å². The van der Waals surface area contributed by atoms with Crippen molar-refractivity contribution in [1.82, 2.24) is 0 Å². The van der Waals surface area contributed by atoms with Gasteiger partial charge in [0, 0.05) is 18.0 Å². The number of alkyl halides is 1. The van der Waals surface area contributed by atoms with E-state index in [1.165, 1.54) is 12.1 Å². The molecule has 0 spiro atoms. The quantitative estimate of drug-likeness (QED) is 0.772. The van der Waals surface area contributed by atoms with Gasteiger partial charge in [0.15, 0.2) is 0 Å². The number of benzene rings is 1. The van der Waals surface area contributed by atoms with Crippen LogP contribution in [-0.2, 0) is 4.79 Å². The Balaban J connectivity index is 2.68. The molecule has 0 saturated heterocycles. The van der Waals surface area contributed by atoms with Crippen LogP contribution in [0.15, 0.2) is 18.2 Å². The van der Waals surface area contributed by atoms with Crippen molar-refractivity contribution >= 4 is 23.2 Å². The number of anilines is 1. The molecule has 1 amide bonds. The van der Waals surface area contributed by atoms with E-state index in [0.717, 1.165) is 0 Å². The zero-order valence-electron chi connectivity index (χ0n) is 7.81. The molecule has 0 aromatic heterocycles. The Morgan fingerprint density at radius 2 is 2.29 bits per heavy atom. The van der Waals surface area contributed by atoms with E-state index in [2.05, 4.69) is 5.32 Å². The number of rotatable bonds is 3. The molecule has 2 nitrogen and oxygen atoms in total. The van der Waals surface area contributed by atoms with Crippen molar-refractivity contribution in [3.63, 3.8) is 0 Å². The predicted octanol–water partition coefficient (Wildman–Crippen LogP) is 2.70. The molecular formula is C10H11ClFNO. The molecule has 0 fully saturated rings. The Morgan fingerprint density at radius 1 is 1.57 bits per heavy atom. The Hall–Kier alpha value is -1.09. The van der Waals surface area contributed by atoms with Crippen LogP contribution in [0.4, 0.5) is 10.1 Å². The molecule has 76 valence electrons. The molecule has 0 bridgehead atoms. The molecule has 0 unspecified atom stereocenters. The first-order valence-corrected chi connectivity index (χ1v) is 4.79. The Bertz CT molecular complexity index is 341. The number of hydrogen-bond acceptors (Lipinski definition) is 1. The fourth-order valence-electron chi connectivity index (χ4n) is 1.03. The maximum Gasteiger partial charge on any atom is 0.225 e. The molecule has 0 atom stereocenters. The van der Waals surface area contributed by atoms with E-state index in [4.69, 9.17) is 11.6 Å². The van der Waals surface area contributed by atoms with Crippen molar-refractivity contribution in [2.24, 2.45) is 0 Å². The van der Waals surface area contributed by atoms with Crippen molar-refractivity contribution in [2.45, 2.75) is 13.3 Å². The number of hydrogen-bond donors (Lipinski definition) is 1. The van der Waals surface area contributed by atoms with E-state index in [-0.39, 0.29) is 24.0 Å². The molecule has 0 aliphatic rings. The maximum absolute atomic E-state index is 12.9. The number of aryl methyl sites for hydroxylation is 1. The number of halogens is 2. The molecule has 0 radical (unpaired) electrons. The highest BCUT2D eigenvalue weighted by Crippen LogP contribution is 2.13. The molecule has 1 aromatic rings. The van der Waals surface area contributed by atoms with Gasteiger partial charge in [0.25, 0.3) is 0 Å². The third kappa shape index (κ3) is 3.00. The number of carbonyl (C=O) groups is 1. The molecule has 0 aliphatic heterocycles. The van der Waals surface area contributed by atoms with Crippen LogP contribution in [0.3, 0.4) is 0 Å². The summed E-state index contributed by atoms with van der Waals surface area (Å²) in [5.74, 6) is -0.155. The van der Waals surface area contributed by atoms with Crippen molar-refractivity contribution < 1.29 is 9.18 Å². The van der Waals surface area contributed by atoms with Gasteiger partial charge in [-0.1, -0.05) is 0 Å². The van der Waals surface area contributed by atoms with Crippen LogP contribution in [0.2, 0.25) is 0 Å². The summed E-state index contributed by atoms with van der Waals surface area (Å²) in [5.41, 5.74) is 1.10. The summed E-state index contributed by atoms with van der Waals surface area (Å²) in [6, 6.07) is 4.43. The number of amides is 1. The van der Waals surface area contributed by atoms with Crippen molar-refractivity contribution in [3.8, 4) is 0 Å². The Kier molecular flexibility index (Phi) is 3.89. The van der Waals surface area contributed by atoms with Crippen molar-refractivity contribution in [2.75, 3.05) is 11.2 Å². The highest BCUT2D eigenvalue weighted by molar-refractivity contribution is 6.19. The first kappa shape index (κ1) is 11.0. The van der Waals surface area contributed by atoms with Crippen LogP contribution in [0, 0.1) is 12.7 Å². The number of nitrogens with one attached hydrogen (secondary N) is 1. The topological polar surface area (TPSA) is 29.1 Å². The van der Waals surface area contributed by atoms with Gasteiger partial charge in [-0.15, -0.1) is 11.6 Å². The monoisotopic (exact) mass is 215 g/mol. The Morgan fingerprint density at radius 3 is 2.86 bits per heavy atom. The van der Waals surface area contributed by atoms with Crippen LogP contribution >= 0.6 is 11.6 Å². The van der Waals surface area contributed by atoms with Crippen molar-refractivity contribution in [3.05, 3.63) is 29.6 Å². The lowest BCUT2D eigenvalue weighted by molar-refractivity contribution is -0.115. The van der Waals surface area contributed by atoms with Gasteiger partial charge in [0.1, 0.15) is 5.82 Å². The summed E-state index contributed by atoms with van der Waals surface area (Å²) in [7, 11) is 0. The van der Waals surface area contributed by atoms with Gasteiger partial charge in [0.2, 0.25) is 5.91 Å². The normalized spacial score (nSPS) is 9.93. The SMILES string of the molecule is Cc1cc(NC(=O)CCCl)ccc1F. The van der Waals surface area contributed by atoms with E-state index < -0.39 is 0 Å². The lowest BCUT2D eigenvalue weighted by Crippen LogP contribution is -2.11. The second-order valence-corrected chi connectivity index (χ2v) is 3.33. The van der Waals surface area contributed by atoms with Gasteiger partial charge in [-0.2, -0.15) is 0 Å². The zero-order valence-corrected chi connectivity index (χ0v) is 8.57. The lowest BCUT2D eigenvalue weighted by Gasteiger charge is -2.05. The molecule has 0 heterocycles. The third-order valence-corrected chi connectivity index (χ3v) is 1.95. The fourth-order valence-corrected chi connectivity index (χ4v) is 1.20.